The second-order valence-electron chi connectivity index (χ2n) is 10.9. The summed E-state index contributed by atoms with van der Waals surface area (Å²) in [7, 11) is 0. The Morgan fingerprint density at radius 2 is 1.10 bits per heavy atom. The maximum atomic E-state index is 6.06. The monoisotopic (exact) mass is 539 g/mol. The predicted molar refractivity (Wildman–Crippen MR) is 171 cm³/mol. The fourth-order valence-electron chi connectivity index (χ4n) is 6.43. The first-order chi connectivity index (χ1) is 20.8. The molecule has 0 unspecified atom stereocenters. The largest absolute Gasteiger partial charge is 0.459 e. The van der Waals surface area contributed by atoms with Gasteiger partial charge < -0.3 is 9.30 Å². The molecule has 0 aliphatic carbocycles. The molecular weight excluding hydrogens is 514 g/mol. The van der Waals surface area contributed by atoms with Gasteiger partial charge in [-0.1, -0.05) is 91.0 Å². The molecule has 4 heteroatoms. The molecule has 0 amide bonds. The number of hydrogen-bond donors (Lipinski definition) is 0. The van der Waals surface area contributed by atoms with Crippen LogP contribution in [-0.4, -0.2) is 14.1 Å². The van der Waals surface area contributed by atoms with Gasteiger partial charge in [0.15, 0.2) is 0 Å². The maximum Gasteiger partial charge on any atom is 0.302 e. The summed E-state index contributed by atoms with van der Waals surface area (Å²) in [5.41, 5.74) is 12.5. The van der Waals surface area contributed by atoms with Crippen LogP contribution in [-0.2, 0) is 6.61 Å². The summed E-state index contributed by atoms with van der Waals surface area (Å²) >= 11 is 0. The fourth-order valence-corrected chi connectivity index (χ4v) is 6.43. The quantitative estimate of drug-likeness (QED) is 0.224. The molecule has 8 aromatic rings. The van der Waals surface area contributed by atoms with Crippen LogP contribution in [0.1, 0.15) is 5.56 Å². The number of imidazole rings is 1. The van der Waals surface area contributed by atoms with Crippen molar-refractivity contribution in [2.24, 2.45) is 0 Å². The molecule has 0 N–H and O–H groups in total. The predicted octanol–water partition coefficient (Wildman–Crippen LogP) is 9.35. The standard InChI is InChI=1S/C38H25N3O/c1-3-9-25(10-4-1)27-15-18-35-31(21-27)32-22-28(26-11-5-2-6-12-26)16-19-36(32)40(35)30-17-20-37-33(23-30)39-38-41(37)34-14-8-7-13-29(34)24-42-38/h1-23H,24H2. The van der Waals surface area contributed by atoms with Crippen molar-refractivity contribution in [1.29, 1.82) is 0 Å². The van der Waals surface area contributed by atoms with Gasteiger partial charge in [0.25, 0.3) is 0 Å². The van der Waals surface area contributed by atoms with Gasteiger partial charge in [0.2, 0.25) is 0 Å². The molecule has 0 fully saturated rings. The SMILES string of the molecule is c1ccc(-c2ccc3c(c2)c2cc(-c4ccccc4)ccc2n3-c2ccc3c(c2)nc2n3-c3ccccc3CO2)cc1. The summed E-state index contributed by atoms with van der Waals surface area (Å²) in [4.78, 5) is 4.92. The van der Waals surface area contributed by atoms with Crippen molar-refractivity contribution in [3.8, 4) is 39.6 Å². The van der Waals surface area contributed by atoms with Crippen molar-refractivity contribution < 1.29 is 4.74 Å². The average molecular weight is 540 g/mol. The highest BCUT2D eigenvalue weighted by atomic mass is 16.5. The lowest BCUT2D eigenvalue weighted by Gasteiger charge is -2.19. The zero-order valence-electron chi connectivity index (χ0n) is 22.7. The number of rotatable bonds is 3. The zero-order chi connectivity index (χ0) is 27.6. The van der Waals surface area contributed by atoms with E-state index in [1.54, 1.807) is 0 Å². The number of nitrogens with zero attached hydrogens (tertiary/aromatic N) is 3. The van der Waals surface area contributed by atoms with E-state index in [1.165, 1.54) is 49.6 Å². The zero-order valence-corrected chi connectivity index (χ0v) is 22.7. The van der Waals surface area contributed by atoms with E-state index >= 15 is 0 Å². The number of ether oxygens (including phenoxy) is 1. The Hall–Kier alpha value is -5.61. The molecule has 0 spiro atoms. The van der Waals surface area contributed by atoms with Crippen molar-refractivity contribution in [2.45, 2.75) is 6.61 Å². The first kappa shape index (κ1) is 23.1. The van der Waals surface area contributed by atoms with Crippen LogP contribution in [0.2, 0.25) is 0 Å². The Balaban J connectivity index is 1.28. The van der Waals surface area contributed by atoms with Crippen molar-refractivity contribution in [2.75, 3.05) is 0 Å². The fraction of sp³-hybridized carbons (Fsp3) is 0.0263. The molecule has 198 valence electrons. The normalized spacial score (nSPS) is 12.4. The number of hydrogen-bond acceptors (Lipinski definition) is 2. The van der Waals surface area contributed by atoms with Crippen LogP contribution in [0.15, 0.2) is 140 Å². The van der Waals surface area contributed by atoms with Gasteiger partial charge in [-0.15, -0.1) is 0 Å². The molecule has 1 aliphatic heterocycles. The highest BCUT2D eigenvalue weighted by Gasteiger charge is 2.22. The molecule has 6 aromatic carbocycles. The van der Waals surface area contributed by atoms with Gasteiger partial charge in [-0.2, -0.15) is 4.98 Å². The third-order valence-electron chi connectivity index (χ3n) is 8.43. The van der Waals surface area contributed by atoms with Crippen LogP contribution in [0, 0.1) is 0 Å². The lowest BCUT2D eigenvalue weighted by molar-refractivity contribution is 0.265. The third kappa shape index (κ3) is 3.45. The van der Waals surface area contributed by atoms with Gasteiger partial charge in [-0.25, -0.2) is 0 Å². The van der Waals surface area contributed by atoms with Crippen LogP contribution in [0.5, 0.6) is 6.01 Å². The van der Waals surface area contributed by atoms with E-state index in [9.17, 15) is 0 Å². The second-order valence-corrected chi connectivity index (χ2v) is 10.9. The van der Waals surface area contributed by atoms with E-state index in [1.807, 2.05) is 0 Å². The molecule has 0 atom stereocenters. The van der Waals surface area contributed by atoms with E-state index in [-0.39, 0.29) is 0 Å². The molecule has 4 nitrogen and oxygen atoms in total. The van der Waals surface area contributed by atoms with Crippen molar-refractivity contribution in [3.63, 3.8) is 0 Å². The summed E-state index contributed by atoms with van der Waals surface area (Å²) in [5.74, 6) is 0. The number of fused-ring (bicyclic) bond motifs is 8. The van der Waals surface area contributed by atoms with Crippen molar-refractivity contribution in [1.82, 2.24) is 14.1 Å². The molecule has 3 heterocycles. The van der Waals surface area contributed by atoms with Crippen LogP contribution >= 0.6 is 0 Å². The van der Waals surface area contributed by atoms with Gasteiger partial charge >= 0.3 is 6.01 Å². The van der Waals surface area contributed by atoms with E-state index in [4.69, 9.17) is 9.72 Å². The lowest BCUT2D eigenvalue weighted by atomic mass is 10.0. The molecule has 0 bridgehead atoms. The Morgan fingerprint density at radius 3 is 1.76 bits per heavy atom. The average Bonchev–Trinajstić information content (AvgIpc) is 3.60. The summed E-state index contributed by atoms with van der Waals surface area (Å²) in [6, 6.07) is 50.4. The summed E-state index contributed by atoms with van der Waals surface area (Å²) < 4.78 is 10.6. The van der Waals surface area contributed by atoms with E-state index in [0.29, 0.717) is 12.6 Å². The van der Waals surface area contributed by atoms with E-state index < -0.39 is 0 Å². The van der Waals surface area contributed by atoms with Gasteiger partial charge in [0.05, 0.1) is 27.8 Å². The highest BCUT2D eigenvalue weighted by molar-refractivity contribution is 6.11. The molecule has 2 aromatic heterocycles. The van der Waals surface area contributed by atoms with Crippen LogP contribution in [0.3, 0.4) is 0 Å². The van der Waals surface area contributed by atoms with E-state index in [2.05, 4.69) is 149 Å². The van der Waals surface area contributed by atoms with Crippen molar-refractivity contribution in [3.05, 3.63) is 145 Å². The molecule has 9 rings (SSSR count). The highest BCUT2D eigenvalue weighted by Crippen LogP contribution is 2.39. The van der Waals surface area contributed by atoms with E-state index in [0.717, 1.165) is 22.4 Å². The summed E-state index contributed by atoms with van der Waals surface area (Å²) in [6.45, 7) is 0.534. The van der Waals surface area contributed by atoms with Gasteiger partial charge in [0, 0.05) is 22.0 Å². The van der Waals surface area contributed by atoms with Gasteiger partial charge in [-0.3, -0.25) is 4.57 Å². The van der Waals surface area contributed by atoms with Crippen LogP contribution in [0.25, 0.3) is 66.5 Å². The summed E-state index contributed by atoms with van der Waals surface area (Å²) in [6.07, 6.45) is 0. The van der Waals surface area contributed by atoms with Crippen LogP contribution < -0.4 is 4.74 Å². The molecule has 1 aliphatic rings. The summed E-state index contributed by atoms with van der Waals surface area (Å²) in [5, 5.41) is 2.45. The Bertz CT molecular complexity index is 2200. The van der Waals surface area contributed by atoms with Crippen molar-refractivity contribution >= 4 is 32.8 Å². The number of benzene rings is 6. The van der Waals surface area contributed by atoms with Gasteiger partial charge in [-0.05, 0) is 70.8 Å². The molecule has 42 heavy (non-hydrogen) atoms. The van der Waals surface area contributed by atoms with Crippen LogP contribution in [0.4, 0.5) is 0 Å². The Kier molecular flexibility index (Phi) is 4.93. The first-order valence-electron chi connectivity index (χ1n) is 14.2. The molecular formula is C38H25N3O. The minimum absolute atomic E-state index is 0.534. The number of aromatic nitrogens is 3. The topological polar surface area (TPSA) is 32.0 Å². The third-order valence-corrected chi connectivity index (χ3v) is 8.43. The number of para-hydroxylation sites is 1. The minimum atomic E-state index is 0.534. The smallest absolute Gasteiger partial charge is 0.302 e. The lowest BCUT2D eigenvalue weighted by Crippen LogP contribution is -2.11. The van der Waals surface area contributed by atoms with Gasteiger partial charge in [0.1, 0.15) is 6.61 Å². The second kappa shape index (κ2) is 8.95. The maximum absolute atomic E-state index is 6.06. The first-order valence-corrected chi connectivity index (χ1v) is 14.2. The molecule has 0 radical (unpaired) electrons. The molecule has 0 saturated heterocycles. The Morgan fingerprint density at radius 1 is 0.500 bits per heavy atom. The minimum Gasteiger partial charge on any atom is -0.459 e. The molecule has 0 saturated carbocycles. The Labute approximate surface area is 242 Å².